The second kappa shape index (κ2) is 6.47. The van der Waals surface area contributed by atoms with Crippen LogP contribution in [0.5, 0.6) is 5.75 Å². The molecule has 0 aromatic heterocycles. The molecule has 21 heavy (non-hydrogen) atoms. The molecule has 1 saturated heterocycles. The fourth-order valence-electron chi connectivity index (χ4n) is 2.58. The molecule has 0 bridgehead atoms. The second-order valence-electron chi connectivity index (χ2n) is 5.15. The van der Waals surface area contributed by atoms with Gasteiger partial charge in [0.25, 0.3) is 0 Å². The van der Waals surface area contributed by atoms with Gasteiger partial charge in [-0.05, 0) is 31.9 Å². The van der Waals surface area contributed by atoms with Gasteiger partial charge in [0.2, 0.25) is 0 Å². The van der Waals surface area contributed by atoms with Gasteiger partial charge in [0.05, 0.1) is 5.92 Å². The number of hydrogen-bond acceptors (Lipinski definition) is 3. The summed E-state index contributed by atoms with van der Waals surface area (Å²) in [6, 6.07) is 6.42. The standard InChI is InChI=1S/C15H20N2O4/c1-2-17(12-4-3-5-13(18)10-12)15(21)16-8-6-11(7-9-16)14(19)20/h3-5,10-11,18H,2,6-9H2,1H3,(H,19,20). The maximum Gasteiger partial charge on any atom is 0.324 e. The van der Waals surface area contributed by atoms with Crippen molar-refractivity contribution in [3.8, 4) is 5.75 Å². The van der Waals surface area contributed by atoms with Crippen LogP contribution in [-0.4, -0.2) is 46.7 Å². The quantitative estimate of drug-likeness (QED) is 0.894. The van der Waals surface area contributed by atoms with Crippen molar-refractivity contribution < 1.29 is 19.8 Å². The van der Waals surface area contributed by atoms with Gasteiger partial charge in [-0.2, -0.15) is 0 Å². The van der Waals surface area contributed by atoms with Crippen molar-refractivity contribution in [3.05, 3.63) is 24.3 Å². The summed E-state index contributed by atoms with van der Waals surface area (Å²) >= 11 is 0. The number of rotatable bonds is 3. The molecule has 6 heteroatoms. The first kappa shape index (κ1) is 15.2. The highest BCUT2D eigenvalue weighted by molar-refractivity contribution is 5.92. The number of phenolic OH excluding ortho intramolecular Hbond substituents is 1. The minimum Gasteiger partial charge on any atom is -0.508 e. The largest absolute Gasteiger partial charge is 0.508 e. The fraction of sp³-hybridized carbons (Fsp3) is 0.467. The van der Waals surface area contributed by atoms with E-state index in [2.05, 4.69) is 0 Å². The number of aliphatic carboxylic acids is 1. The van der Waals surface area contributed by atoms with Crippen LogP contribution in [-0.2, 0) is 4.79 Å². The van der Waals surface area contributed by atoms with E-state index in [1.54, 1.807) is 34.1 Å². The molecular formula is C15H20N2O4. The van der Waals surface area contributed by atoms with E-state index >= 15 is 0 Å². The maximum atomic E-state index is 12.5. The molecule has 2 N–H and O–H groups in total. The lowest BCUT2D eigenvalue weighted by Gasteiger charge is -2.34. The fourth-order valence-corrected chi connectivity index (χ4v) is 2.58. The highest BCUT2D eigenvalue weighted by Gasteiger charge is 2.29. The zero-order chi connectivity index (χ0) is 15.4. The van der Waals surface area contributed by atoms with Gasteiger partial charge in [0.1, 0.15) is 5.75 Å². The Morgan fingerprint density at radius 1 is 1.33 bits per heavy atom. The first-order valence-corrected chi connectivity index (χ1v) is 7.11. The Morgan fingerprint density at radius 3 is 2.52 bits per heavy atom. The van der Waals surface area contributed by atoms with E-state index in [1.807, 2.05) is 6.92 Å². The number of hydrogen-bond donors (Lipinski definition) is 2. The SMILES string of the molecule is CCN(C(=O)N1CCC(C(=O)O)CC1)c1cccc(O)c1. The smallest absolute Gasteiger partial charge is 0.324 e. The van der Waals surface area contributed by atoms with Gasteiger partial charge in [-0.3, -0.25) is 9.69 Å². The molecule has 0 atom stereocenters. The number of urea groups is 1. The number of carboxylic acids is 1. The number of amides is 2. The molecule has 0 radical (unpaired) electrons. The van der Waals surface area contributed by atoms with Crippen LogP contribution in [0.1, 0.15) is 19.8 Å². The molecule has 0 spiro atoms. The molecule has 114 valence electrons. The Balaban J connectivity index is 2.06. The van der Waals surface area contributed by atoms with Crippen molar-refractivity contribution in [2.24, 2.45) is 5.92 Å². The average Bonchev–Trinajstić information content (AvgIpc) is 2.48. The van der Waals surface area contributed by atoms with E-state index in [9.17, 15) is 14.7 Å². The van der Waals surface area contributed by atoms with E-state index < -0.39 is 5.97 Å². The first-order valence-electron chi connectivity index (χ1n) is 7.11. The third-order valence-electron chi connectivity index (χ3n) is 3.80. The third-order valence-corrected chi connectivity index (χ3v) is 3.80. The molecule has 0 aliphatic carbocycles. The van der Waals surface area contributed by atoms with Crippen molar-refractivity contribution in [2.75, 3.05) is 24.5 Å². The molecule has 1 aromatic rings. The van der Waals surface area contributed by atoms with Crippen LogP contribution in [0.2, 0.25) is 0 Å². The number of aromatic hydroxyl groups is 1. The molecule has 6 nitrogen and oxygen atoms in total. The number of piperidine rings is 1. The number of nitrogens with zero attached hydrogens (tertiary/aromatic N) is 2. The number of carboxylic acid groups (broad SMARTS) is 1. The second-order valence-corrected chi connectivity index (χ2v) is 5.15. The summed E-state index contributed by atoms with van der Waals surface area (Å²) in [6.07, 6.45) is 0.970. The molecule has 1 heterocycles. The van der Waals surface area contributed by atoms with Gasteiger partial charge < -0.3 is 15.1 Å². The lowest BCUT2D eigenvalue weighted by Crippen LogP contribution is -2.47. The summed E-state index contributed by atoms with van der Waals surface area (Å²) in [4.78, 5) is 26.7. The number of phenols is 1. The van der Waals surface area contributed by atoms with E-state index in [4.69, 9.17) is 5.11 Å². The van der Waals surface area contributed by atoms with Crippen molar-refractivity contribution in [3.63, 3.8) is 0 Å². The topological polar surface area (TPSA) is 81.1 Å². The van der Waals surface area contributed by atoms with E-state index in [-0.39, 0.29) is 17.7 Å². The summed E-state index contributed by atoms with van der Waals surface area (Å²) in [5.74, 6) is -1.03. The Morgan fingerprint density at radius 2 is 2.00 bits per heavy atom. The Kier molecular flexibility index (Phi) is 4.67. The van der Waals surface area contributed by atoms with E-state index in [0.717, 1.165) is 0 Å². The molecule has 1 aliphatic heterocycles. The van der Waals surface area contributed by atoms with Crippen molar-refractivity contribution >= 4 is 17.7 Å². The monoisotopic (exact) mass is 292 g/mol. The van der Waals surface area contributed by atoms with Crippen LogP contribution in [0.4, 0.5) is 10.5 Å². The van der Waals surface area contributed by atoms with Gasteiger partial charge in [-0.25, -0.2) is 4.79 Å². The lowest BCUT2D eigenvalue weighted by molar-refractivity contribution is -0.143. The van der Waals surface area contributed by atoms with Crippen LogP contribution in [0, 0.1) is 5.92 Å². The number of benzene rings is 1. The minimum absolute atomic E-state index is 0.114. The van der Waals surface area contributed by atoms with Gasteiger partial charge in [-0.15, -0.1) is 0 Å². The Bertz CT molecular complexity index is 524. The molecular weight excluding hydrogens is 272 g/mol. The third kappa shape index (κ3) is 3.45. The van der Waals surface area contributed by atoms with Crippen LogP contribution in [0.15, 0.2) is 24.3 Å². The van der Waals surface area contributed by atoms with Crippen LogP contribution in [0.25, 0.3) is 0 Å². The summed E-state index contributed by atoms with van der Waals surface area (Å²) in [6.45, 7) is 3.25. The molecule has 1 aromatic carbocycles. The highest BCUT2D eigenvalue weighted by Crippen LogP contribution is 2.23. The van der Waals surface area contributed by atoms with E-state index in [0.29, 0.717) is 38.2 Å². The summed E-state index contributed by atoms with van der Waals surface area (Å²) in [5, 5.41) is 18.5. The Hall–Kier alpha value is -2.24. The molecule has 0 unspecified atom stereocenters. The predicted octanol–water partition coefficient (Wildman–Crippen LogP) is 2.14. The summed E-state index contributed by atoms with van der Waals surface area (Å²) in [5.41, 5.74) is 0.642. The van der Waals surface area contributed by atoms with Gasteiger partial charge >= 0.3 is 12.0 Å². The number of carbonyl (C=O) groups excluding carboxylic acids is 1. The van der Waals surface area contributed by atoms with Crippen molar-refractivity contribution in [1.82, 2.24) is 4.90 Å². The predicted molar refractivity (Wildman–Crippen MR) is 78.5 cm³/mol. The van der Waals surface area contributed by atoms with Crippen LogP contribution >= 0.6 is 0 Å². The summed E-state index contributed by atoms with van der Waals surface area (Å²) in [7, 11) is 0. The minimum atomic E-state index is -0.789. The van der Waals surface area contributed by atoms with E-state index in [1.165, 1.54) is 0 Å². The highest BCUT2D eigenvalue weighted by atomic mass is 16.4. The van der Waals surface area contributed by atoms with Crippen molar-refractivity contribution in [2.45, 2.75) is 19.8 Å². The summed E-state index contributed by atoms with van der Waals surface area (Å²) < 4.78 is 0. The molecule has 2 rings (SSSR count). The van der Waals surface area contributed by atoms with Crippen LogP contribution in [0.3, 0.4) is 0 Å². The molecule has 0 saturated carbocycles. The number of carbonyl (C=O) groups is 2. The first-order chi connectivity index (χ1) is 10.0. The Labute approximate surface area is 123 Å². The average molecular weight is 292 g/mol. The zero-order valence-electron chi connectivity index (χ0n) is 12.0. The van der Waals surface area contributed by atoms with Gasteiger partial charge in [0.15, 0.2) is 0 Å². The number of anilines is 1. The number of likely N-dealkylation sites (tertiary alicyclic amines) is 1. The lowest BCUT2D eigenvalue weighted by atomic mass is 9.97. The van der Waals surface area contributed by atoms with Gasteiger partial charge in [-0.1, -0.05) is 6.07 Å². The maximum absolute atomic E-state index is 12.5. The molecule has 2 amide bonds. The van der Waals surface area contributed by atoms with Crippen molar-refractivity contribution in [1.29, 1.82) is 0 Å². The normalized spacial score (nSPS) is 15.8. The molecule has 1 fully saturated rings. The zero-order valence-corrected chi connectivity index (χ0v) is 12.0. The molecule has 1 aliphatic rings. The van der Waals surface area contributed by atoms with Crippen LogP contribution < -0.4 is 4.90 Å². The van der Waals surface area contributed by atoms with Gasteiger partial charge in [0, 0.05) is 31.4 Å².